The predicted octanol–water partition coefficient (Wildman–Crippen LogP) is 3.35. The van der Waals surface area contributed by atoms with E-state index < -0.39 is 23.2 Å². The minimum absolute atomic E-state index is 0.0620. The predicted molar refractivity (Wildman–Crippen MR) is 82.9 cm³/mol. The van der Waals surface area contributed by atoms with Crippen molar-refractivity contribution >= 4 is 16.9 Å². The number of halogens is 2. The Morgan fingerprint density at radius 2 is 1.92 bits per heavy atom. The monoisotopic (exact) mass is 338 g/mol. The van der Waals surface area contributed by atoms with E-state index in [4.69, 9.17) is 13.9 Å². The number of carbonyl (C=O) groups excluding carboxylic acids is 1. The second-order valence-corrected chi connectivity index (χ2v) is 4.97. The fourth-order valence-electron chi connectivity index (χ4n) is 2.08. The first-order valence-electron chi connectivity index (χ1n) is 7.36. The molecule has 0 aliphatic carbocycles. The van der Waals surface area contributed by atoms with E-state index in [2.05, 4.69) is 6.58 Å². The van der Waals surface area contributed by atoms with Crippen molar-refractivity contribution in [2.24, 2.45) is 0 Å². The van der Waals surface area contributed by atoms with Crippen LogP contribution in [0.4, 0.5) is 8.78 Å². The Balaban J connectivity index is 1.92. The molecule has 0 N–H and O–H groups in total. The smallest absolute Gasteiger partial charge is 0.340 e. The average Bonchev–Trinajstić information content (AvgIpc) is 2.54. The van der Waals surface area contributed by atoms with E-state index >= 15 is 0 Å². The molecule has 0 saturated heterocycles. The lowest BCUT2D eigenvalue weighted by Crippen LogP contribution is -2.05. The zero-order chi connectivity index (χ0) is 17.5. The third kappa shape index (κ3) is 4.65. The summed E-state index contributed by atoms with van der Waals surface area (Å²) in [5.74, 6) is -2.16. The Kier molecular flexibility index (Phi) is 6.06. The highest BCUT2D eigenvalue weighted by Crippen LogP contribution is 2.27. The Morgan fingerprint density at radius 3 is 2.67 bits per heavy atom. The molecule has 0 aliphatic rings. The number of hydrogen-bond acceptors (Lipinski definition) is 5. The van der Waals surface area contributed by atoms with Gasteiger partial charge in [0.1, 0.15) is 11.6 Å². The number of benzene rings is 1. The second-order valence-electron chi connectivity index (χ2n) is 4.97. The summed E-state index contributed by atoms with van der Waals surface area (Å²) in [6, 6.07) is 2.73. The average molecular weight is 338 g/mol. The third-order valence-corrected chi connectivity index (χ3v) is 3.18. The largest absolute Gasteiger partial charge is 0.493 e. The Bertz CT molecular complexity index is 797. The molecule has 1 aromatic heterocycles. The van der Waals surface area contributed by atoms with Gasteiger partial charge in [0.15, 0.2) is 11.4 Å². The van der Waals surface area contributed by atoms with Gasteiger partial charge in [-0.2, -0.15) is 0 Å². The molecule has 0 atom stereocenters. The minimum atomic E-state index is -0.961. The van der Waals surface area contributed by atoms with Crippen molar-refractivity contribution in [3.8, 4) is 5.75 Å². The zero-order valence-corrected chi connectivity index (χ0v) is 12.8. The Labute approximate surface area is 136 Å². The quantitative estimate of drug-likeness (QED) is 0.320. The van der Waals surface area contributed by atoms with Gasteiger partial charge >= 0.3 is 11.6 Å². The highest BCUT2D eigenvalue weighted by molar-refractivity contribution is 5.83. The summed E-state index contributed by atoms with van der Waals surface area (Å²) in [7, 11) is 0. The van der Waals surface area contributed by atoms with Crippen LogP contribution in [0, 0.1) is 11.6 Å². The zero-order valence-electron chi connectivity index (χ0n) is 12.8. The molecule has 0 radical (unpaired) electrons. The number of rotatable bonds is 8. The van der Waals surface area contributed by atoms with Crippen LogP contribution in [0.3, 0.4) is 0 Å². The summed E-state index contributed by atoms with van der Waals surface area (Å²) in [6.07, 6.45) is 3.06. The van der Waals surface area contributed by atoms with Gasteiger partial charge in [-0.15, -0.1) is 0 Å². The molecule has 24 heavy (non-hydrogen) atoms. The number of carbonyl (C=O) groups is 1. The summed E-state index contributed by atoms with van der Waals surface area (Å²) >= 11 is 0. The topological polar surface area (TPSA) is 65.7 Å². The van der Waals surface area contributed by atoms with Crippen molar-refractivity contribution in [1.29, 1.82) is 0 Å². The molecule has 0 fully saturated rings. The van der Waals surface area contributed by atoms with Gasteiger partial charge < -0.3 is 13.9 Å². The van der Waals surface area contributed by atoms with Crippen molar-refractivity contribution in [2.45, 2.75) is 19.3 Å². The first kappa shape index (κ1) is 17.7. The van der Waals surface area contributed by atoms with Crippen LogP contribution in [-0.4, -0.2) is 19.2 Å². The SMILES string of the molecule is C=CC(=O)OCCCCCOc1cc(=O)oc2c(F)cc(F)cc12. The van der Waals surface area contributed by atoms with Crippen LogP contribution in [0.15, 0.2) is 40.1 Å². The van der Waals surface area contributed by atoms with E-state index in [0.717, 1.165) is 18.2 Å². The Hall–Kier alpha value is -2.70. The van der Waals surface area contributed by atoms with E-state index in [0.29, 0.717) is 25.3 Å². The van der Waals surface area contributed by atoms with Gasteiger partial charge in [0.05, 0.1) is 24.7 Å². The van der Waals surface area contributed by atoms with Gasteiger partial charge in [-0.1, -0.05) is 6.58 Å². The van der Waals surface area contributed by atoms with Crippen LogP contribution in [0.2, 0.25) is 0 Å². The van der Waals surface area contributed by atoms with E-state index in [-0.39, 0.29) is 29.9 Å². The first-order valence-corrected chi connectivity index (χ1v) is 7.36. The maximum atomic E-state index is 13.7. The highest BCUT2D eigenvalue weighted by atomic mass is 19.1. The van der Waals surface area contributed by atoms with E-state index in [9.17, 15) is 18.4 Å². The molecular weight excluding hydrogens is 322 g/mol. The lowest BCUT2D eigenvalue weighted by Gasteiger charge is -2.09. The van der Waals surface area contributed by atoms with Crippen LogP contribution in [-0.2, 0) is 9.53 Å². The van der Waals surface area contributed by atoms with Crippen molar-refractivity contribution < 1.29 is 27.5 Å². The molecule has 0 saturated carbocycles. The van der Waals surface area contributed by atoms with Gasteiger partial charge in [-0.3, -0.25) is 0 Å². The summed E-state index contributed by atoms with van der Waals surface area (Å²) < 4.78 is 42.0. The Morgan fingerprint density at radius 1 is 1.17 bits per heavy atom. The first-order chi connectivity index (χ1) is 11.5. The van der Waals surface area contributed by atoms with E-state index in [1.807, 2.05) is 0 Å². The number of ether oxygens (including phenoxy) is 2. The molecule has 0 amide bonds. The fraction of sp³-hybridized carbons (Fsp3) is 0.294. The van der Waals surface area contributed by atoms with Crippen LogP contribution >= 0.6 is 0 Å². The molecule has 0 spiro atoms. The minimum Gasteiger partial charge on any atom is -0.493 e. The van der Waals surface area contributed by atoms with Gasteiger partial charge in [-0.05, 0) is 25.3 Å². The van der Waals surface area contributed by atoms with Crippen LogP contribution in [0.1, 0.15) is 19.3 Å². The van der Waals surface area contributed by atoms with Crippen molar-refractivity contribution in [2.75, 3.05) is 13.2 Å². The lowest BCUT2D eigenvalue weighted by atomic mass is 10.2. The van der Waals surface area contributed by atoms with Crippen LogP contribution in [0.5, 0.6) is 5.75 Å². The fourth-order valence-corrected chi connectivity index (χ4v) is 2.08. The molecule has 128 valence electrons. The molecule has 7 heteroatoms. The number of unbranched alkanes of at least 4 members (excludes halogenated alkanes) is 2. The summed E-state index contributed by atoms with van der Waals surface area (Å²) in [5, 5.41) is 0.0620. The maximum Gasteiger partial charge on any atom is 0.340 e. The third-order valence-electron chi connectivity index (χ3n) is 3.18. The molecule has 2 rings (SSSR count). The normalized spacial score (nSPS) is 10.6. The molecule has 0 unspecified atom stereocenters. The molecule has 0 aliphatic heterocycles. The molecule has 1 aromatic carbocycles. The van der Waals surface area contributed by atoms with Crippen LogP contribution < -0.4 is 10.4 Å². The van der Waals surface area contributed by atoms with Crippen molar-refractivity contribution in [3.05, 3.63) is 52.9 Å². The molecule has 1 heterocycles. The molecule has 0 bridgehead atoms. The second kappa shape index (κ2) is 8.24. The highest BCUT2D eigenvalue weighted by Gasteiger charge is 2.13. The number of esters is 1. The lowest BCUT2D eigenvalue weighted by molar-refractivity contribution is -0.137. The van der Waals surface area contributed by atoms with E-state index in [1.54, 1.807) is 0 Å². The standard InChI is InChI=1S/C17H16F2O5/c1-2-15(20)23-7-5-3-4-6-22-14-10-16(21)24-17-12(14)8-11(18)9-13(17)19/h2,8-10H,1,3-7H2. The summed E-state index contributed by atoms with van der Waals surface area (Å²) in [4.78, 5) is 22.3. The molecular formula is C17H16F2O5. The van der Waals surface area contributed by atoms with Gasteiger partial charge in [0.25, 0.3) is 0 Å². The van der Waals surface area contributed by atoms with Crippen LogP contribution in [0.25, 0.3) is 11.0 Å². The van der Waals surface area contributed by atoms with Gasteiger partial charge in [0, 0.05) is 12.1 Å². The number of hydrogen-bond donors (Lipinski definition) is 0. The summed E-state index contributed by atoms with van der Waals surface area (Å²) in [5.41, 5.74) is -1.12. The van der Waals surface area contributed by atoms with Gasteiger partial charge in [-0.25, -0.2) is 18.4 Å². The van der Waals surface area contributed by atoms with Crippen molar-refractivity contribution in [1.82, 2.24) is 0 Å². The molecule has 2 aromatic rings. The molecule has 5 nitrogen and oxygen atoms in total. The van der Waals surface area contributed by atoms with Gasteiger partial charge in [0.2, 0.25) is 0 Å². The van der Waals surface area contributed by atoms with E-state index in [1.165, 1.54) is 0 Å². The summed E-state index contributed by atoms with van der Waals surface area (Å²) in [6.45, 7) is 3.80. The van der Waals surface area contributed by atoms with Crippen molar-refractivity contribution in [3.63, 3.8) is 0 Å². The number of fused-ring (bicyclic) bond motifs is 1. The maximum absolute atomic E-state index is 13.7.